The average molecular weight is 292 g/mol. The van der Waals surface area contributed by atoms with Crippen molar-refractivity contribution in [2.45, 2.75) is 70.6 Å². The number of carboxylic acids is 1. The zero-order valence-corrected chi connectivity index (χ0v) is 13.4. The molecule has 0 saturated heterocycles. The number of carboxylic acid groups (broad SMARTS) is 1. The van der Waals surface area contributed by atoms with E-state index in [4.69, 9.17) is 5.11 Å². The first kappa shape index (κ1) is 17.7. The van der Waals surface area contributed by atoms with E-state index in [1.807, 2.05) is 0 Å². The van der Waals surface area contributed by atoms with Crippen molar-refractivity contribution >= 4 is 5.97 Å². The Morgan fingerprint density at radius 3 is 2.10 bits per heavy atom. The summed E-state index contributed by atoms with van der Waals surface area (Å²) in [6.07, 6.45) is 14.5. The van der Waals surface area contributed by atoms with Crippen LogP contribution in [-0.4, -0.2) is 11.1 Å². The largest absolute Gasteiger partial charge is 0.481 e. The molecule has 1 aromatic heterocycles. The first-order chi connectivity index (χ1) is 10.2. The van der Waals surface area contributed by atoms with Gasteiger partial charge in [-0.05, 0) is 12.8 Å². The van der Waals surface area contributed by atoms with Gasteiger partial charge in [0.25, 0.3) is 0 Å². The molecule has 0 atom stereocenters. The second kappa shape index (κ2) is 11.3. The molecule has 0 unspecified atom stereocenters. The third-order valence-electron chi connectivity index (χ3n) is 3.99. The smallest absolute Gasteiger partial charge is 0.303 e. The lowest BCUT2D eigenvalue weighted by atomic mass is 10.0. The van der Waals surface area contributed by atoms with Crippen molar-refractivity contribution in [2.24, 2.45) is 7.05 Å². The van der Waals surface area contributed by atoms with E-state index in [-0.39, 0.29) is 0 Å². The van der Waals surface area contributed by atoms with E-state index < -0.39 is 5.97 Å². The highest BCUT2D eigenvalue weighted by atomic mass is 16.4. The summed E-state index contributed by atoms with van der Waals surface area (Å²) < 4.78 is 2.21. The maximum atomic E-state index is 10.4. The predicted octanol–water partition coefficient (Wildman–Crippen LogP) is 4.04. The van der Waals surface area contributed by atoms with Gasteiger partial charge in [0.1, 0.15) is 7.05 Å². The molecule has 1 rings (SSSR count). The molecule has 0 bridgehead atoms. The van der Waals surface area contributed by atoms with Gasteiger partial charge < -0.3 is 5.11 Å². The Kier molecular flexibility index (Phi) is 9.51. The molecular formula is C18H30NO2+. The molecule has 1 aromatic rings. The Hall–Kier alpha value is -1.38. The normalized spacial score (nSPS) is 10.7. The molecule has 0 amide bonds. The zero-order chi connectivity index (χ0) is 15.3. The van der Waals surface area contributed by atoms with E-state index in [0.29, 0.717) is 6.42 Å². The third kappa shape index (κ3) is 9.22. The fourth-order valence-electron chi connectivity index (χ4n) is 2.64. The molecule has 0 radical (unpaired) electrons. The highest BCUT2D eigenvalue weighted by molar-refractivity contribution is 5.66. The number of aromatic nitrogens is 1. The number of rotatable bonds is 12. The van der Waals surface area contributed by atoms with E-state index in [0.717, 1.165) is 12.8 Å². The molecule has 118 valence electrons. The molecule has 0 aliphatic carbocycles. The van der Waals surface area contributed by atoms with Gasteiger partial charge >= 0.3 is 5.97 Å². The van der Waals surface area contributed by atoms with Gasteiger partial charge in [-0.3, -0.25) is 4.79 Å². The van der Waals surface area contributed by atoms with Crippen LogP contribution in [0.4, 0.5) is 0 Å². The molecule has 1 heterocycles. The van der Waals surface area contributed by atoms with Crippen LogP contribution in [0.15, 0.2) is 24.4 Å². The van der Waals surface area contributed by atoms with Crippen molar-refractivity contribution < 1.29 is 14.5 Å². The van der Waals surface area contributed by atoms with Crippen LogP contribution in [0.3, 0.4) is 0 Å². The molecular weight excluding hydrogens is 262 g/mol. The molecule has 3 nitrogen and oxygen atoms in total. The summed E-state index contributed by atoms with van der Waals surface area (Å²) in [7, 11) is 2.11. The molecule has 0 aromatic carbocycles. The van der Waals surface area contributed by atoms with E-state index >= 15 is 0 Å². The molecule has 0 saturated carbocycles. The summed E-state index contributed by atoms with van der Waals surface area (Å²) in [6, 6.07) is 6.39. The van der Waals surface area contributed by atoms with Gasteiger partial charge in [-0.25, -0.2) is 4.57 Å². The minimum absolute atomic E-state index is 0.330. The van der Waals surface area contributed by atoms with Crippen LogP contribution < -0.4 is 4.57 Å². The number of pyridine rings is 1. The Labute approximate surface area is 129 Å². The van der Waals surface area contributed by atoms with E-state index in [1.54, 1.807) is 0 Å². The molecule has 1 N–H and O–H groups in total. The van der Waals surface area contributed by atoms with Crippen molar-refractivity contribution in [1.29, 1.82) is 0 Å². The number of aliphatic carboxylic acids is 1. The Morgan fingerprint density at radius 2 is 1.52 bits per heavy atom. The molecule has 21 heavy (non-hydrogen) atoms. The summed E-state index contributed by atoms with van der Waals surface area (Å²) in [5.41, 5.74) is 1.41. The SMILES string of the molecule is C[n+]1ccccc1CCCCCCCCCCCC(=O)O. The summed E-state index contributed by atoms with van der Waals surface area (Å²) in [4.78, 5) is 10.4. The fourth-order valence-corrected chi connectivity index (χ4v) is 2.64. The Bertz CT molecular complexity index is 404. The first-order valence-electron chi connectivity index (χ1n) is 8.35. The van der Waals surface area contributed by atoms with Crippen molar-refractivity contribution in [3.8, 4) is 0 Å². The number of unbranched alkanes of at least 4 members (excludes halogenated alkanes) is 8. The van der Waals surface area contributed by atoms with Gasteiger partial charge in [0.15, 0.2) is 11.9 Å². The Balaban J connectivity index is 1.87. The van der Waals surface area contributed by atoms with Crippen LogP contribution in [0.1, 0.15) is 69.9 Å². The summed E-state index contributed by atoms with van der Waals surface area (Å²) in [6.45, 7) is 0. The Morgan fingerprint density at radius 1 is 0.952 bits per heavy atom. The highest BCUT2D eigenvalue weighted by Gasteiger charge is 2.03. The highest BCUT2D eigenvalue weighted by Crippen LogP contribution is 2.11. The van der Waals surface area contributed by atoms with E-state index in [1.165, 1.54) is 57.1 Å². The lowest BCUT2D eigenvalue weighted by molar-refractivity contribution is -0.679. The van der Waals surface area contributed by atoms with Gasteiger partial charge in [0.2, 0.25) is 0 Å². The maximum absolute atomic E-state index is 10.4. The molecule has 3 heteroatoms. The molecule has 0 spiro atoms. The lowest BCUT2D eigenvalue weighted by Crippen LogP contribution is -2.32. The number of hydrogen-bond donors (Lipinski definition) is 1. The van der Waals surface area contributed by atoms with Crippen LogP contribution in [-0.2, 0) is 18.3 Å². The van der Waals surface area contributed by atoms with Crippen molar-refractivity contribution in [1.82, 2.24) is 0 Å². The number of nitrogens with zero attached hydrogens (tertiary/aromatic N) is 1. The predicted molar refractivity (Wildman–Crippen MR) is 85.1 cm³/mol. The van der Waals surface area contributed by atoms with Crippen LogP contribution in [0.2, 0.25) is 0 Å². The van der Waals surface area contributed by atoms with Gasteiger partial charge in [0.05, 0.1) is 0 Å². The van der Waals surface area contributed by atoms with Crippen LogP contribution in [0.5, 0.6) is 0 Å². The van der Waals surface area contributed by atoms with Crippen molar-refractivity contribution in [3.63, 3.8) is 0 Å². The molecule has 0 aliphatic rings. The van der Waals surface area contributed by atoms with Crippen LogP contribution >= 0.6 is 0 Å². The minimum Gasteiger partial charge on any atom is -0.481 e. The first-order valence-corrected chi connectivity index (χ1v) is 8.35. The quantitative estimate of drug-likeness (QED) is 0.466. The average Bonchev–Trinajstić information content (AvgIpc) is 2.46. The van der Waals surface area contributed by atoms with E-state index in [9.17, 15) is 4.79 Å². The molecule has 0 aliphatic heterocycles. The second-order valence-electron chi connectivity index (χ2n) is 5.88. The molecule has 0 fully saturated rings. The van der Waals surface area contributed by atoms with Gasteiger partial charge in [-0.1, -0.05) is 51.0 Å². The maximum Gasteiger partial charge on any atom is 0.303 e. The minimum atomic E-state index is -0.665. The lowest BCUT2D eigenvalue weighted by Gasteiger charge is -2.02. The second-order valence-corrected chi connectivity index (χ2v) is 5.88. The summed E-state index contributed by atoms with van der Waals surface area (Å²) >= 11 is 0. The monoisotopic (exact) mass is 292 g/mol. The zero-order valence-electron chi connectivity index (χ0n) is 13.4. The van der Waals surface area contributed by atoms with Crippen LogP contribution in [0.25, 0.3) is 0 Å². The number of hydrogen-bond acceptors (Lipinski definition) is 1. The van der Waals surface area contributed by atoms with E-state index in [2.05, 4.69) is 36.0 Å². The standard InChI is InChI=1S/C18H29NO2/c1-19-16-12-11-14-17(19)13-9-7-5-3-2-4-6-8-10-15-18(20)21/h11-12,14,16H,2-10,13,15H2,1H3/p+1. The van der Waals surface area contributed by atoms with Gasteiger partial charge in [-0.15, -0.1) is 0 Å². The van der Waals surface area contributed by atoms with Gasteiger partial charge in [-0.2, -0.15) is 0 Å². The van der Waals surface area contributed by atoms with Crippen molar-refractivity contribution in [3.05, 3.63) is 30.1 Å². The summed E-state index contributed by atoms with van der Waals surface area (Å²) in [5.74, 6) is -0.665. The fraction of sp³-hybridized carbons (Fsp3) is 0.667. The number of carbonyl (C=O) groups is 1. The third-order valence-corrected chi connectivity index (χ3v) is 3.99. The topological polar surface area (TPSA) is 41.2 Å². The summed E-state index contributed by atoms with van der Waals surface area (Å²) in [5, 5.41) is 8.53. The van der Waals surface area contributed by atoms with Crippen molar-refractivity contribution in [2.75, 3.05) is 0 Å². The number of aryl methyl sites for hydroxylation is 2. The van der Waals surface area contributed by atoms with Gasteiger partial charge in [0, 0.05) is 25.0 Å². The van der Waals surface area contributed by atoms with Crippen LogP contribution in [0, 0.1) is 0 Å².